The minimum atomic E-state index is -0.386. The van der Waals surface area contributed by atoms with Crippen LogP contribution in [-0.2, 0) is 9.53 Å². The Kier molecular flexibility index (Phi) is 4.51. The molecule has 3 aromatic rings. The van der Waals surface area contributed by atoms with Crippen molar-refractivity contribution in [3.05, 3.63) is 60.7 Å². The number of hydrogen-bond acceptors (Lipinski definition) is 4. The first-order valence-corrected chi connectivity index (χ1v) is 7.84. The van der Waals surface area contributed by atoms with Crippen molar-refractivity contribution in [2.24, 2.45) is 0 Å². The van der Waals surface area contributed by atoms with E-state index in [9.17, 15) is 4.79 Å². The maximum absolute atomic E-state index is 12.4. The minimum absolute atomic E-state index is 0.265. The van der Waals surface area contributed by atoms with Gasteiger partial charge in [-0.2, -0.15) is 0 Å². The maximum atomic E-state index is 12.4. The van der Waals surface area contributed by atoms with Gasteiger partial charge in [-0.05, 0) is 30.9 Å². The van der Waals surface area contributed by atoms with Crippen LogP contribution < -0.4 is 4.74 Å². The topological polar surface area (TPSA) is 53.4 Å². The van der Waals surface area contributed by atoms with Crippen molar-refractivity contribution in [1.82, 2.24) is 9.55 Å². The number of esters is 1. The molecule has 1 aromatic heterocycles. The summed E-state index contributed by atoms with van der Waals surface area (Å²) in [4.78, 5) is 16.4. The fourth-order valence-corrected chi connectivity index (χ4v) is 2.67. The molecule has 0 saturated carbocycles. The molecule has 0 bridgehead atoms. The molecule has 24 heavy (non-hydrogen) atoms. The predicted octanol–water partition coefficient (Wildman–Crippen LogP) is 3.91. The number of rotatable bonds is 5. The molecule has 0 spiro atoms. The van der Waals surface area contributed by atoms with Crippen LogP contribution in [0, 0.1) is 0 Å². The standard InChI is InChI=1S/C19H20N2O3/c1-13(19(22)24-14(2)21-10-9-20-12-21)15-7-8-17-16(11-15)5-4-6-18(17)23-3/h4-14H,1-3H3. The van der Waals surface area contributed by atoms with Crippen LogP contribution in [0.5, 0.6) is 5.75 Å². The number of fused-ring (bicyclic) bond motifs is 1. The molecule has 0 aliphatic heterocycles. The summed E-state index contributed by atoms with van der Waals surface area (Å²) in [7, 11) is 1.65. The number of imidazole rings is 1. The first-order chi connectivity index (χ1) is 11.6. The third-order valence-electron chi connectivity index (χ3n) is 4.17. The molecule has 0 radical (unpaired) electrons. The Morgan fingerprint density at radius 1 is 1.21 bits per heavy atom. The van der Waals surface area contributed by atoms with Crippen LogP contribution in [0.3, 0.4) is 0 Å². The summed E-state index contributed by atoms with van der Waals surface area (Å²) in [6.45, 7) is 3.67. The average molecular weight is 324 g/mol. The molecular weight excluding hydrogens is 304 g/mol. The number of hydrogen-bond donors (Lipinski definition) is 0. The van der Waals surface area contributed by atoms with E-state index in [2.05, 4.69) is 4.98 Å². The second-order valence-electron chi connectivity index (χ2n) is 5.71. The van der Waals surface area contributed by atoms with Gasteiger partial charge in [-0.1, -0.05) is 30.3 Å². The van der Waals surface area contributed by atoms with Gasteiger partial charge in [0, 0.05) is 17.8 Å². The van der Waals surface area contributed by atoms with Gasteiger partial charge in [0.05, 0.1) is 19.4 Å². The SMILES string of the molecule is COc1cccc2cc(C(C)C(=O)OC(C)n3ccnc3)ccc12. The molecular formula is C19H20N2O3. The Morgan fingerprint density at radius 2 is 2.04 bits per heavy atom. The number of carbonyl (C=O) groups excluding carboxylic acids is 1. The van der Waals surface area contributed by atoms with Crippen molar-refractivity contribution in [2.75, 3.05) is 7.11 Å². The summed E-state index contributed by atoms with van der Waals surface area (Å²) in [6, 6.07) is 11.8. The lowest BCUT2D eigenvalue weighted by Crippen LogP contribution is -2.18. The van der Waals surface area contributed by atoms with E-state index < -0.39 is 0 Å². The quantitative estimate of drug-likeness (QED) is 0.668. The van der Waals surface area contributed by atoms with Crippen molar-refractivity contribution in [3.63, 3.8) is 0 Å². The number of benzene rings is 2. The molecule has 3 rings (SSSR count). The van der Waals surface area contributed by atoms with Gasteiger partial charge in [-0.25, -0.2) is 4.98 Å². The van der Waals surface area contributed by atoms with Gasteiger partial charge < -0.3 is 14.0 Å². The van der Waals surface area contributed by atoms with E-state index in [-0.39, 0.29) is 18.1 Å². The highest BCUT2D eigenvalue weighted by Gasteiger charge is 2.20. The Labute approximate surface area is 140 Å². The van der Waals surface area contributed by atoms with Gasteiger partial charge in [0.15, 0.2) is 6.23 Å². The number of ether oxygens (including phenoxy) is 2. The molecule has 0 amide bonds. The van der Waals surface area contributed by atoms with Gasteiger partial charge >= 0.3 is 5.97 Å². The Morgan fingerprint density at radius 3 is 2.75 bits per heavy atom. The summed E-state index contributed by atoms with van der Waals surface area (Å²) in [5, 5.41) is 2.06. The fourth-order valence-electron chi connectivity index (χ4n) is 2.67. The zero-order valence-electron chi connectivity index (χ0n) is 14.0. The van der Waals surface area contributed by atoms with E-state index in [1.54, 1.807) is 30.4 Å². The third-order valence-corrected chi connectivity index (χ3v) is 4.17. The van der Waals surface area contributed by atoms with Crippen LogP contribution in [0.1, 0.15) is 31.6 Å². The molecule has 2 aromatic carbocycles. The van der Waals surface area contributed by atoms with Gasteiger partial charge in [0.1, 0.15) is 5.75 Å². The van der Waals surface area contributed by atoms with E-state index in [1.165, 1.54) is 0 Å². The van der Waals surface area contributed by atoms with Crippen molar-refractivity contribution in [3.8, 4) is 5.75 Å². The fraction of sp³-hybridized carbons (Fsp3) is 0.263. The lowest BCUT2D eigenvalue weighted by Gasteiger charge is -2.18. The highest BCUT2D eigenvalue weighted by atomic mass is 16.6. The van der Waals surface area contributed by atoms with Crippen LogP contribution in [0.2, 0.25) is 0 Å². The molecule has 0 saturated heterocycles. The molecule has 0 fully saturated rings. The molecule has 2 atom stereocenters. The number of nitrogens with zero attached hydrogens (tertiary/aromatic N) is 2. The normalized spacial score (nSPS) is 13.5. The number of carbonyl (C=O) groups is 1. The first-order valence-electron chi connectivity index (χ1n) is 7.84. The van der Waals surface area contributed by atoms with Crippen LogP contribution in [0.4, 0.5) is 0 Å². The van der Waals surface area contributed by atoms with Crippen LogP contribution >= 0.6 is 0 Å². The zero-order chi connectivity index (χ0) is 17.1. The van der Waals surface area contributed by atoms with Crippen LogP contribution in [0.15, 0.2) is 55.1 Å². The van der Waals surface area contributed by atoms with Gasteiger partial charge in [0.2, 0.25) is 0 Å². The summed E-state index contributed by atoms with van der Waals surface area (Å²) in [5.41, 5.74) is 0.915. The Hall–Kier alpha value is -2.82. The summed E-state index contributed by atoms with van der Waals surface area (Å²) in [6.07, 6.45) is 4.67. The van der Waals surface area contributed by atoms with Crippen molar-refractivity contribution >= 4 is 16.7 Å². The highest BCUT2D eigenvalue weighted by Crippen LogP contribution is 2.29. The van der Waals surface area contributed by atoms with Crippen molar-refractivity contribution in [2.45, 2.75) is 26.0 Å². The van der Waals surface area contributed by atoms with E-state index in [4.69, 9.17) is 9.47 Å². The summed E-state index contributed by atoms with van der Waals surface area (Å²) < 4.78 is 12.6. The van der Waals surface area contributed by atoms with E-state index in [0.717, 1.165) is 22.1 Å². The maximum Gasteiger partial charge on any atom is 0.315 e. The molecule has 0 aliphatic rings. The Bertz CT molecular complexity index is 843. The predicted molar refractivity (Wildman–Crippen MR) is 91.9 cm³/mol. The van der Waals surface area contributed by atoms with E-state index in [0.29, 0.717) is 0 Å². The number of aromatic nitrogens is 2. The molecule has 0 N–H and O–H groups in total. The first kappa shape index (κ1) is 16.1. The van der Waals surface area contributed by atoms with Crippen LogP contribution in [-0.4, -0.2) is 22.6 Å². The lowest BCUT2D eigenvalue weighted by atomic mass is 9.97. The highest BCUT2D eigenvalue weighted by molar-refractivity contribution is 5.90. The van der Waals surface area contributed by atoms with Crippen LogP contribution in [0.25, 0.3) is 10.8 Å². The summed E-state index contributed by atoms with van der Waals surface area (Å²) in [5.74, 6) is 0.202. The largest absolute Gasteiger partial charge is 0.496 e. The second-order valence-corrected chi connectivity index (χ2v) is 5.71. The zero-order valence-corrected chi connectivity index (χ0v) is 14.0. The van der Waals surface area contributed by atoms with E-state index in [1.807, 2.05) is 50.2 Å². The molecule has 124 valence electrons. The molecule has 0 aliphatic carbocycles. The Balaban J connectivity index is 1.80. The smallest absolute Gasteiger partial charge is 0.315 e. The van der Waals surface area contributed by atoms with Crippen molar-refractivity contribution in [1.29, 1.82) is 0 Å². The van der Waals surface area contributed by atoms with Gasteiger partial charge in [-0.3, -0.25) is 4.79 Å². The molecule has 2 unspecified atom stereocenters. The molecule has 5 heteroatoms. The summed E-state index contributed by atoms with van der Waals surface area (Å²) >= 11 is 0. The van der Waals surface area contributed by atoms with E-state index >= 15 is 0 Å². The molecule has 5 nitrogen and oxygen atoms in total. The lowest BCUT2D eigenvalue weighted by molar-refractivity contribution is -0.154. The molecule has 1 heterocycles. The van der Waals surface area contributed by atoms with Gasteiger partial charge in [0.25, 0.3) is 0 Å². The average Bonchev–Trinajstić information content (AvgIpc) is 3.14. The monoisotopic (exact) mass is 324 g/mol. The number of methoxy groups -OCH3 is 1. The van der Waals surface area contributed by atoms with Gasteiger partial charge in [-0.15, -0.1) is 0 Å². The second kappa shape index (κ2) is 6.74. The minimum Gasteiger partial charge on any atom is -0.496 e. The third kappa shape index (κ3) is 3.11. The van der Waals surface area contributed by atoms with Crippen molar-refractivity contribution < 1.29 is 14.3 Å².